The third-order valence-electron chi connectivity index (χ3n) is 1.93. The lowest BCUT2D eigenvalue weighted by atomic mass is 10.1. The summed E-state index contributed by atoms with van der Waals surface area (Å²) in [6.45, 7) is 4.48. The van der Waals surface area contributed by atoms with Crippen molar-refractivity contribution in [3.8, 4) is 5.75 Å². The van der Waals surface area contributed by atoms with Crippen LogP contribution >= 0.6 is 0 Å². The SMILES string of the molecule is C=CCOc1ccccc1[C@@H](N)CN. The van der Waals surface area contributed by atoms with Crippen LogP contribution in [0.3, 0.4) is 0 Å². The maximum Gasteiger partial charge on any atom is 0.124 e. The first-order valence-corrected chi connectivity index (χ1v) is 4.58. The predicted molar refractivity (Wildman–Crippen MR) is 58.1 cm³/mol. The van der Waals surface area contributed by atoms with Crippen LogP contribution in [0.4, 0.5) is 0 Å². The fraction of sp³-hybridized carbons (Fsp3) is 0.273. The van der Waals surface area contributed by atoms with Crippen LogP contribution < -0.4 is 16.2 Å². The van der Waals surface area contributed by atoms with E-state index in [0.717, 1.165) is 11.3 Å². The summed E-state index contributed by atoms with van der Waals surface area (Å²) < 4.78 is 5.46. The van der Waals surface area contributed by atoms with Gasteiger partial charge in [0.15, 0.2) is 0 Å². The van der Waals surface area contributed by atoms with Crippen molar-refractivity contribution in [3.63, 3.8) is 0 Å². The van der Waals surface area contributed by atoms with E-state index in [2.05, 4.69) is 6.58 Å². The van der Waals surface area contributed by atoms with E-state index in [0.29, 0.717) is 13.2 Å². The van der Waals surface area contributed by atoms with Gasteiger partial charge in [-0.1, -0.05) is 30.9 Å². The summed E-state index contributed by atoms with van der Waals surface area (Å²) in [5.41, 5.74) is 12.3. The first kappa shape index (κ1) is 10.8. The molecule has 0 aromatic heterocycles. The van der Waals surface area contributed by atoms with Gasteiger partial charge < -0.3 is 16.2 Å². The van der Waals surface area contributed by atoms with Crippen molar-refractivity contribution >= 4 is 0 Å². The molecular weight excluding hydrogens is 176 g/mol. The molecule has 1 aromatic rings. The van der Waals surface area contributed by atoms with Crippen LogP contribution in [0, 0.1) is 0 Å². The van der Waals surface area contributed by atoms with E-state index in [1.165, 1.54) is 0 Å². The fourth-order valence-electron chi connectivity index (χ4n) is 1.19. The molecule has 1 atom stereocenters. The Morgan fingerprint density at radius 3 is 2.79 bits per heavy atom. The summed E-state index contributed by atoms with van der Waals surface area (Å²) in [7, 11) is 0. The average molecular weight is 192 g/mol. The molecule has 0 radical (unpaired) electrons. The van der Waals surface area contributed by atoms with Crippen molar-refractivity contribution in [3.05, 3.63) is 42.5 Å². The van der Waals surface area contributed by atoms with E-state index < -0.39 is 0 Å². The molecule has 1 aromatic carbocycles. The lowest BCUT2D eigenvalue weighted by molar-refractivity contribution is 0.356. The second kappa shape index (κ2) is 5.42. The van der Waals surface area contributed by atoms with Crippen LogP contribution in [0.25, 0.3) is 0 Å². The lowest BCUT2D eigenvalue weighted by Gasteiger charge is -2.14. The monoisotopic (exact) mass is 192 g/mol. The zero-order valence-electron chi connectivity index (χ0n) is 8.15. The fourth-order valence-corrected chi connectivity index (χ4v) is 1.19. The van der Waals surface area contributed by atoms with Gasteiger partial charge in [-0.3, -0.25) is 0 Å². The average Bonchev–Trinajstić information content (AvgIpc) is 2.25. The van der Waals surface area contributed by atoms with E-state index >= 15 is 0 Å². The van der Waals surface area contributed by atoms with E-state index in [-0.39, 0.29) is 6.04 Å². The molecule has 0 saturated carbocycles. The Labute approximate surface area is 84.4 Å². The lowest BCUT2D eigenvalue weighted by Crippen LogP contribution is -2.21. The number of nitrogens with two attached hydrogens (primary N) is 2. The van der Waals surface area contributed by atoms with E-state index in [1.807, 2.05) is 24.3 Å². The first-order valence-electron chi connectivity index (χ1n) is 4.58. The molecule has 76 valence electrons. The summed E-state index contributed by atoms with van der Waals surface area (Å²) in [6.07, 6.45) is 1.70. The molecule has 14 heavy (non-hydrogen) atoms. The molecule has 0 amide bonds. The Morgan fingerprint density at radius 2 is 2.14 bits per heavy atom. The molecule has 3 heteroatoms. The van der Waals surface area contributed by atoms with Gasteiger partial charge >= 0.3 is 0 Å². The van der Waals surface area contributed by atoms with Gasteiger partial charge in [0, 0.05) is 18.2 Å². The van der Waals surface area contributed by atoms with Gasteiger partial charge in [0.1, 0.15) is 12.4 Å². The molecule has 0 spiro atoms. The normalized spacial score (nSPS) is 12.1. The molecule has 0 unspecified atom stereocenters. The van der Waals surface area contributed by atoms with Crippen molar-refractivity contribution in [1.29, 1.82) is 0 Å². The number of para-hydroxylation sites is 1. The highest BCUT2D eigenvalue weighted by molar-refractivity contribution is 5.36. The maximum absolute atomic E-state index is 5.84. The number of hydrogen-bond donors (Lipinski definition) is 2. The predicted octanol–water partition coefficient (Wildman–Crippen LogP) is 1.21. The Balaban J connectivity index is 2.84. The van der Waals surface area contributed by atoms with Crippen LogP contribution in [0.2, 0.25) is 0 Å². The van der Waals surface area contributed by atoms with Crippen LogP contribution in [-0.2, 0) is 0 Å². The Bertz CT molecular complexity index is 299. The van der Waals surface area contributed by atoms with E-state index in [4.69, 9.17) is 16.2 Å². The second-order valence-corrected chi connectivity index (χ2v) is 2.98. The molecular formula is C11H16N2O. The minimum absolute atomic E-state index is 0.170. The minimum atomic E-state index is -0.170. The number of ether oxygens (including phenoxy) is 1. The Kier molecular flexibility index (Phi) is 4.16. The van der Waals surface area contributed by atoms with Gasteiger partial charge in [-0.15, -0.1) is 0 Å². The largest absolute Gasteiger partial charge is 0.489 e. The molecule has 0 aliphatic carbocycles. The van der Waals surface area contributed by atoms with Crippen LogP contribution in [0.5, 0.6) is 5.75 Å². The van der Waals surface area contributed by atoms with Crippen molar-refractivity contribution in [1.82, 2.24) is 0 Å². The standard InChI is InChI=1S/C11H16N2O/c1-2-7-14-11-6-4-3-5-9(11)10(13)8-12/h2-6,10H,1,7-8,12-13H2/t10-/m0/s1. The number of rotatable bonds is 5. The third-order valence-corrected chi connectivity index (χ3v) is 1.93. The summed E-state index contributed by atoms with van der Waals surface area (Å²) in [4.78, 5) is 0. The zero-order valence-corrected chi connectivity index (χ0v) is 8.15. The van der Waals surface area contributed by atoms with Crippen molar-refractivity contribution < 1.29 is 4.74 Å². The minimum Gasteiger partial charge on any atom is -0.489 e. The zero-order chi connectivity index (χ0) is 10.4. The summed E-state index contributed by atoms with van der Waals surface area (Å²) in [6, 6.07) is 7.47. The smallest absolute Gasteiger partial charge is 0.124 e. The van der Waals surface area contributed by atoms with E-state index in [1.54, 1.807) is 6.08 Å². The van der Waals surface area contributed by atoms with Crippen molar-refractivity contribution in [2.75, 3.05) is 13.2 Å². The maximum atomic E-state index is 5.84. The molecule has 0 fully saturated rings. The number of benzene rings is 1. The molecule has 0 aliphatic heterocycles. The summed E-state index contributed by atoms with van der Waals surface area (Å²) >= 11 is 0. The topological polar surface area (TPSA) is 61.3 Å². The molecule has 1 rings (SSSR count). The Hall–Kier alpha value is -1.32. The first-order chi connectivity index (χ1) is 6.79. The van der Waals surface area contributed by atoms with Gasteiger partial charge in [0.25, 0.3) is 0 Å². The molecule has 4 N–H and O–H groups in total. The highest BCUT2D eigenvalue weighted by atomic mass is 16.5. The number of hydrogen-bond acceptors (Lipinski definition) is 3. The third kappa shape index (κ3) is 2.58. The molecule has 0 bridgehead atoms. The molecule has 0 saturated heterocycles. The van der Waals surface area contributed by atoms with Gasteiger partial charge in [-0.25, -0.2) is 0 Å². The highest BCUT2D eigenvalue weighted by Gasteiger charge is 2.08. The summed E-state index contributed by atoms with van der Waals surface area (Å²) in [5.74, 6) is 0.783. The van der Waals surface area contributed by atoms with Gasteiger partial charge in [0.2, 0.25) is 0 Å². The van der Waals surface area contributed by atoms with E-state index in [9.17, 15) is 0 Å². The van der Waals surface area contributed by atoms with Gasteiger partial charge in [-0.2, -0.15) is 0 Å². The Morgan fingerprint density at radius 1 is 1.43 bits per heavy atom. The van der Waals surface area contributed by atoms with Gasteiger partial charge in [-0.05, 0) is 6.07 Å². The second-order valence-electron chi connectivity index (χ2n) is 2.98. The van der Waals surface area contributed by atoms with Crippen LogP contribution in [-0.4, -0.2) is 13.2 Å². The molecule has 0 aliphatic rings. The van der Waals surface area contributed by atoms with Crippen molar-refractivity contribution in [2.45, 2.75) is 6.04 Å². The van der Waals surface area contributed by atoms with Gasteiger partial charge in [0.05, 0.1) is 0 Å². The summed E-state index contributed by atoms with van der Waals surface area (Å²) in [5, 5.41) is 0. The molecule has 0 heterocycles. The quantitative estimate of drug-likeness (QED) is 0.689. The van der Waals surface area contributed by atoms with Crippen LogP contribution in [0.1, 0.15) is 11.6 Å². The molecule has 3 nitrogen and oxygen atoms in total. The van der Waals surface area contributed by atoms with Crippen molar-refractivity contribution in [2.24, 2.45) is 11.5 Å². The van der Waals surface area contributed by atoms with Crippen LogP contribution in [0.15, 0.2) is 36.9 Å². The highest BCUT2D eigenvalue weighted by Crippen LogP contribution is 2.22.